The van der Waals surface area contributed by atoms with Gasteiger partial charge >= 0.3 is 0 Å². The molecule has 0 saturated carbocycles. The summed E-state index contributed by atoms with van der Waals surface area (Å²) < 4.78 is 2.23. The van der Waals surface area contributed by atoms with Crippen molar-refractivity contribution in [3.8, 4) is 0 Å². The van der Waals surface area contributed by atoms with Gasteiger partial charge < -0.3 is 9.67 Å². The molecule has 0 fully saturated rings. The van der Waals surface area contributed by atoms with Crippen LogP contribution in [0.4, 0.5) is 0 Å². The molecule has 0 aliphatic heterocycles. The van der Waals surface area contributed by atoms with Gasteiger partial charge in [-0.05, 0) is 11.6 Å². The Balaban J connectivity index is 0.000000516. The zero-order valence-corrected chi connectivity index (χ0v) is 15.7. The number of carboxylic acid groups (broad SMARTS) is 1. The van der Waals surface area contributed by atoms with Crippen LogP contribution in [0.25, 0.3) is 10.9 Å². The number of aromatic nitrogens is 1. The van der Waals surface area contributed by atoms with E-state index in [2.05, 4.69) is 53.2 Å². The highest BCUT2D eigenvalue weighted by Crippen LogP contribution is 2.24. The molecular weight excluding hydrogens is 348 g/mol. The van der Waals surface area contributed by atoms with Gasteiger partial charge in [0.2, 0.25) is 0 Å². The molecule has 0 amide bonds. The van der Waals surface area contributed by atoms with Gasteiger partial charge in [0, 0.05) is 41.7 Å². The van der Waals surface area contributed by atoms with Crippen molar-refractivity contribution in [1.82, 2.24) is 4.57 Å². The highest BCUT2D eigenvalue weighted by atomic mass is 16.4. The quantitative estimate of drug-likeness (QED) is 0.485. The summed E-state index contributed by atoms with van der Waals surface area (Å²) in [6.45, 7) is 1.89. The molecule has 0 aliphatic rings. The molecule has 0 aliphatic carbocycles. The van der Waals surface area contributed by atoms with E-state index < -0.39 is 5.97 Å². The van der Waals surface area contributed by atoms with Crippen molar-refractivity contribution in [2.24, 2.45) is 0 Å². The van der Waals surface area contributed by atoms with E-state index in [1.165, 1.54) is 5.56 Å². The second kappa shape index (κ2) is 8.82. The number of rotatable bonds is 4. The maximum absolute atomic E-state index is 9.00. The maximum Gasteiger partial charge on any atom is 0.300 e. The van der Waals surface area contributed by atoms with Crippen molar-refractivity contribution >= 4 is 22.6 Å². The molecule has 1 aromatic heterocycles. The Morgan fingerprint density at radius 1 is 0.893 bits per heavy atom. The van der Waals surface area contributed by atoms with Crippen LogP contribution in [0.3, 0.4) is 0 Å². The number of nitrogens with zero attached hydrogens (tertiary/aromatic N) is 1. The smallest absolute Gasteiger partial charge is 0.300 e. The minimum absolute atomic E-state index is 0.568. The first-order valence-corrected chi connectivity index (χ1v) is 9.02. The number of benzene rings is 3. The second-order valence-corrected chi connectivity index (χ2v) is 6.43. The summed E-state index contributed by atoms with van der Waals surface area (Å²) in [6, 6.07) is 28.7. The molecule has 1 heterocycles. The van der Waals surface area contributed by atoms with Crippen molar-refractivity contribution < 1.29 is 9.90 Å². The van der Waals surface area contributed by atoms with Gasteiger partial charge in [-0.2, -0.15) is 0 Å². The molecule has 3 aromatic carbocycles. The van der Waals surface area contributed by atoms with Crippen LogP contribution >= 0.6 is 0 Å². The Bertz CT molecular complexity index is 1080. The third-order valence-electron chi connectivity index (χ3n) is 4.32. The number of nitrogens with one attached hydrogen (secondary N) is 1. The molecule has 28 heavy (non-hydrogen) atoms. The van der Waals surface area contributed by atoms with Gasteiger partial charge in [0.05, 0.1) is 5.71 Å². The number of carbonyl (C=O) groups is 1. The summed E-state index contributed by atoms with van der Waals surface area (Å²) in [5, 5.41) is 17.2. The SMILES string of the molecule is CC(=O)O.N=C(c1ccccc1)c1cn(Cc2ccccc2)c2ccccc12. The fourth-order valence-electron chi connectivity index (χ4n) is 3.12. The average molecular weight is 370 g/mol. The fourth-order valence-corrected chi connectivity index (χ4v) is 3.12. The lowest BCUT2D eigenvalue weighted by atomic mass is 10.0. The van der Waals surface area contributed by atoms with E-state index in [0.29, 0.717) is 5.71 Å². The molecule has 140 valence electrons. The maximum atomic E-state index is 9.00. The molecule has 4 aromatic rings. The lowest BCUT2D eigenvalue weighted by Crippen LogP contribution is -2.01. The molecule has 4 nitrogen and oxygen atoms in total. The van der Waals surface area contributed by atoms with Crippen LogP contribution in [-0.2, 0) is 11.3 Å². The highest BCUT2D eigenvalue weighted by molar-refractivity contribution is 6.17. The Morgan fingerprint density at radius 2 is 1.43 bits per heavy atom. The van der Waals surface area contributed by atoms with E-state index >= 15 is 0 Å². The first-order chi connectivity index (χ1) is 13.6. The van der Waals surface area contributed by atoms with Crippen molar-refractivity contribution in [3.05, 3.63) is 108 Å². The van der Waals surface area contributed by atoms with Gasteiger partial charge in [-0.3, -0.25) is 10.2 Å². The number of para-hydroxylation sites is 1. The molecule has 0 saturated heterocycles. The Labute approximate surface area is 164 Å². The minimum atomic E-state index is -0.833. The predicted molar refractivity (Wildman–Crippen MR) is 113 cm³/mol. The summed E-state index contributed by atoms with van der Waals surface area (Å²) in [6.07, 6.45) is 2.10. The monoisotopic (exact) mass is 370 g/mol. The van der Waals surface area contributed by atoms with E-state index in [9.17, 15) is 0 Å². The molecule has 2 N–H and O–H groups in total. The van der Waals surface area contributed by atoms with E-state index in [4.69, 9.17) is 15.3 Å². The number of carboxylic acids is 1. The van der Waals surface area contributed by atoms with Crippen molar-refractivity contribution in [2.75, 3.05) is 0 Å². The Kier molecular flexibility index (Phi) is 6.02. The average Bonchev–Trinajstić information content (AvgIpc) is 3.07. The minimum Gasteiger partial charge on any atom is -0.481 e. The molecular formula is C24H22N2O2. The third-order valence-corrected chi connectivity index (χ3v) is 4.32. The topological polar surface area (TPSA) is 66.1 Å². The summed E-state index contributed by atoms with van der Waals surface area (Å²) in [7, 11) is 0. The second-order valence-electron chi connectivity index (χ2n) is 6.43. The van der Waals surface area contributed by atoms with E-state index in [-0.39, 0.29) is 0 Å². The fraction of sp³-hybridized carbons (Fsp3) is 0.0833. The largest absolute Gasteiger partial charge is 0.481 e. The van der Waals surface area contributed by atoms with Gasteiger partial charge in [-0.1, -0.05) is 78.9 Å². The van der Waals surface area contributed by atoms with E-state index in [1.807, 2.05) is 42.5 Å². The van der Waals surface area contributed by atoms with Crippen LogP contribution < -0.4 is 0 Å². The zero-order valence-electron chi connectivity index (χ0n) is 15.7. The van der Waals surface area contributed by atoms with Crippen molar-refractivity contribution in [3.63, 3.8) is 0 Å². The van der Waals surface area contributed by atoms with Gasteiger partial charge in [-0.15, -0.1) is 0 Å². The first-order valence-electron chi connectivity index (χ1n) is 9.02. The molecule has 0 bridgehead atoms. The highest BCUT2D eigenvalue weighted by Gasteiger charge is 2.13. The standard InChI is InChI=1S/C22H18N2.C2H4O2/c23-22(18-11-5-2-6-12-18)20-16-24(15-17-9-3-1-4-10-17)21-14-8-7-13-19(20)21;1-2(3)4/h1-14,16,23H,15H2;1H3,(H,3,4). The number of hydrogen-bond acceptors (Lipinski definition) is 2. The lowest BCUT2D eigenvalue weighted by Gasteiger charge is -2.05. The van der Waals surface area contributed by atoms with E-state index in [0.717, 1.165) is 35.5 Å². The van der Waals surface area contributed by atoms with Crippen molar-refractivity contribution in [1.29, 1.82) is 5.41 Å². The van der Waals surface area contributed by atoms with Crippen LogP contribution in [-0.4, -0.2) is 21.4 Å². The molecule has 0 spiro atoms. The van der Waals surface area contributed by atoms with Crippen LogP contribution in [0.2, 0.25) is 0 Å². The molecule has 0 atom stereocenters. The predicted octanol–water partition coefficient (Wildman–Crippen LogP) is 5.20. The first kappa shape index (κ1) is 19.1. The van der Waals surface area contributed by atoms with Crippen LogP contribution in [0.15, 0.2) is 91.1 Å². The Morgan fingerprint density at radius 3 is 2.07 bits per heavy atom. The van der Waals surface area contributed by atoms with Crippen LogP contribution in [0.1, 0.15) is 23.6 Å². The van der Waals surface area contributed by atoms with E-state index in [1.54, 1.807) is 0 Å². The zero-order chi connectivity index (χ0) is 19.9. The molecule has 0 radical (unpaired) electrons. The van der Waals surface area contributed by atoms with Gasteiger partial charge in [0.15, 0.2) is 0 Å². The summed E-state index contributed by atoms with van der Waals surface area (Å²) in [5.41, 5.74) is 4.92. The van der Waals surface area contributed by atoms with Gasteiger partial charge in [0.25, 0.3) is 5.97 Å². The summed E-state index contributed by atoms with van der Waals surface area (Å²) >= 11 is 0. The van der Waals surface area contributed by atoms with Gasteiger partial charge in [-0.25, -0.2) is 0 Å². The van der Waals surface area contributed by atoms with Crippen LogP contribution in [0.5, 0.6) is 0 Å². The number of hydrogen-bond donors (Lipinski definition) is 2. The van der Waals surface area contributed by atoms with Crippen LogP contribution in [0, 0.1) is 5.41 Å². The molecule has 4 rings (SSSR count). The third kappa shape index (κ3) is 4.54. The summed E-state index contributed by atoms with van der Waals surface area (Å²) in [5.74, 6) is -0.833. The van der Waals surface area contributed by atoms with Gasteiger partial charge in [0.1, 0.15) is 0 Å². The molecule has 4 heteroatoms. The molecule has 0 unspecified atom stereocenters. The summed E-state index contributed by atoms with van der Waals surface area (Å²) in [4.78, 5) is 9.00. The normalized spacial score (nSPS) is 10.2. The number of aliphatic carboxylic acids is 1. The van der Waals surface area contributed by atoms with Crippen molar-refractivity contribution in [2.45, 2.75) is 13.5 Å². The number of fused-ring (bicyclic) bond motifs is 1. The lowest BCUT2D eigenvalue weighted by molar-refractivity contribution is -0.134. The Hall–Kier alpha value is -3.66.